The van der Waals surface area contributed by atoms with E-state index < -0.39 is 0 Å². The summed E-state index contributed by atoms with van der Waals surface area (Å²) >= 11 is 5.78. The molecule has 21 heavy (non-hydrogen) atoms. The van der Waals surface area contributed by atoms with Gasteiger partial charge in [-0.05, 0) is 18.1 Å². The third-order valence-electron chi connectivity index (χ3n) is 3.33. The molecule has 1 atom stereocenters. The lowest BCUT2D eigenvalue weighted by molar-refractivity contribution is -0.0295. The van der Waals surface area contributed by atoms with Gasteiger partial charge in [-0.3, -0.25) is 9.69 Å². The summed E-state index contributed by atoms with van der Waals surface area (Å²) in [4.78, 5) is 18.3. The molecule has 0 bridgehead atoms. The lowest BCUT2D eigenvalue weighted by atomic mass is 10.1. The standard InChI is InChI=1S/C15H22ClN3O2/c1-11(2)9-19-5-6-21-13(10-19)8-18-15(20)12-3-4-17-14(16)7-12/h3-4,7,11,13H,5-6,8-10H2,1-2H3,(H,18,20). The molecule has 1 aromatic rings. The maximum absolute atomic E-state index is 12.0. The predicted octanol–water partition coefficient (Wildman–Crippen LogP) is 1.82. The molecule has 1 aliphatic heterocycles. The van der Waals surface area contributed by atoms with Crippen molar-refractivity contribution < 1.29 is 9.53 Å². The fourth-order valence-electron chi connectivity index (χ4n) is 2.44. The summed E-state index contributed by atoms with van der Waals surface area (Å²) < 4.78 is 5.70. The lowest BCUT2D eigenvalue weighted by Gasteiger charge is -2.33. The molecule has 116 valence electrons. The summed E-state index contributed by atoms with van der Waals surface area (Å²) in [6.07, 6.45) is 1.57. The molecule has 1 aromatic heterocycles. The number of morpholine rings is 1. The molecule has 2 rings (SSSR count). The van der Waals surface area contributed by atoms with E-state index in [1.54, 1.807) is 12.1 Å². The number of ether oxygens (including phenoxy) is 1. The largest absolute Gasteiger partial charge is 0.374 e. The molecule has 2 heterocycles. The van der Waals surface area contributed by atoms with Crippen LogP contribution >= 0.6 is 11.6 Å². The molecule has 0 radical (unpaired) electrons. The monoisotopic (exact) mass is 311 g/mol. The normalized spacial score (nSPS) is 19.7. The first-order valence-electron chi connectivity index (χ1n) is 7.28. The molecule has 0 saturated carbocycles. The lowest BCUT2D eigenvalue weighted by Crippen LogP contribution is -2.48. The van der Waals surface area contributed by atoms with Crippen LogP contribution in [0.3, 0.4) is 0 Å². The number of aromatic nitrogens is 1. The van der Waals surface area contributed by atoms with Gasteiger partial charge in [-0.1, -0.05) is 25.4 Å². The van der Waals surface area contributed by atoms with Crippen LogP contribution in [-0.2, 0) is 4.74 Å². The van der Waals surface area contributed by atoms with Crippen molar-refractivity contribution in [2.45, 2.75) is 20.0 Å². The maximum Gasteiger partial charge on any atom is 0.251 e. The maximum atomic E-state index is 12.0. The van der Waals surface area contributed by atoms with Crippen LogP contribution in [0, 0.1) is 5.92 Å². The average molecular weight is 312 g/mol. The Morgan fingerprint density at radius 1 is 1.62 bits per heavy atom. The summed E-state index contributed by atoms with van der Waals surface area (Å²) in [7, 11) is 0. The molecule has 0 spiro atoms. The SMILES string of the molecule is CC(C)CN1CCOC(CNC(=O)c2ccnc(Cl)c2)C1. The molecule has 6 heteroatoms. The van der Waals surface area contributed by atoms with Crippen LogP contribution in [0.4, 0.5) is 0 Å². The first-order valence-corrected chi connectivity index (χ1v) is 7.66. The minimum atomic E-state index is -0.149. The number of nitrogens with one attached hydrogen (secondary N) is 1. The Labute approximate surface area is 130 Å². The number of carbonyl (C=O) groups excluding carboxylic acids is 1. The zero-order chi connectivity index (χ0) is 15.2. The number of halogens is 1. The van der Waals surface area contributed by atoms with Gasteiger partial charge in [-0.15, -0.1) is 0 Å². The van der Waals surface area contributed by atoms with Crippen molar-refractivity contribution in [3.05, 3.63) is 29.0 Å². The first-order chi connectivity index (χ1) is 10.0. The summed E-state index contributed by atoms with van der Waals surface area (Å²) in [6, 6.07) is 3.21. The molecule has 1 N–H and O–H groups in total. The molecule has 1 fully saturated rings. The van der Waals surface area contributed by atoms with Crippen molar-refractivity contribution in [1.82, 2.24) is 15.2 Å². The minimum absolute atomic E-state index is 0.0405. The zero-order valence-corrected chi connectivity index (χ0v) is 13.3. The molecule has 1 saturated heterocycles. The van der Waals surface area contributed by atoms with Crippen LogP contribution in [-0.4, -0.2) is 54.7 Å². The van der Waals surface area contributed by atoms with E-state index in [1.165, 1.54) is 6.20 Å². The van der Waals surface area contributed by atoms with Crippen molar-refractivity contribution >= 4 is 17.5 Å². The van der Waals surface area contributed by atoms with Crippen molar-refractivity contribution in [2.75, 3.05) is 32.8 Å². The smallest absolute Gasteiger partial charge is 0.251 e. The van der Waals surface area contributed by atoms with E-state index in [2.05, 4.69) is 29.0 Å². The topological polar surface area (TPSA) is 54.5 Å². The van der Waals surface area contributed by atoms with Gasteiger partial charge >= 0.3 is 0 Å². The zero-order valence-electron chi connectivity index (χ0n) is 12.5. The number of carbonyl (C=O) groups is 1. The van der Waals surface area contributed by atoms with Crippen LogP contribution in [0.1, 0.15) is 24.2 Å². The van der Waals surface area contributed by atoms with Gasteiger partial charge in [0.1, 0.15) is 5.15 Å². The molecule has 1 amide bonds. The average Bonchev–Trinajstić information content (AvgIpc) is 2.44. The van der Waals surface area contributed by atoms with Crippen molar-refractivity contribution in [3.63, 3.8) is 0 Å². The fraction of sp³-hybridized carbons (Fsp3) is 0.600. The molecule has 1 aliphatic rings. The highest BCUT2D eigenvalue weighted by Gasteiger charge is 2.21. The van der Waals surface area contributed by atoms with Gasteiger partial charge in [0.2, 0.25) is 0 Å². The van der Waals surface area contributed by atoms with Crippen LogP contribution in [0.15, 0.2) is 18.3 Å². The molecular weight excluding hydrogens is 290 g/mol. The molecule has 0 aliphatic carbocycles. The van der Waals surface area contributed by atoms with E-state index in [-0.39, 0.29) is 12.0 Å². The van der Waals surface area contributed by atoms with Crippen molar-refractivity contribution in [3.8, 4) is 0 Å². The number of hydrogen-bond donors (Lipinski definition) is 1. The van der Waals surface area contributed by atoms with Crippen LogP contribution in [0.5, 0.6) is 0 Å². The fourth-order valence-corrected chi connectivity index (χ4v) is 2.61. The van der Waals surface area contributed by atoms with Crippen molar-refractivity contribution in [2.24, 2.45) is 5.92 Å². The van der Waals surface area contributed by atoms with Gasteiger partial charge in [0.25, 0.3) is 5.91 Å². The van der Waals surface area contributed by atoms with Crippen LogP contribution in [0.2, 0.25) is 5.15 Å². The second kappa shape index (κ2) is 7.73. The molecule has 1 unspecified atom stereocenters. The molecule has 5 nitrogen and oxygen atoms in total. The Kier molecular flexibility index (Phi) is 5.96. The summed E-state index contributed by atoms with van der Waals surface area (Å²) in [5.74, 6) is 0.487. The second-order valence-electron chi connectivity index (χ2n) is 5.72. The Morgan fingerprint density at radius 2 is 2.43 bits per heavy atom. The van der Waals surface area contributed by atoms with E-state index in [4.69, 9.17) is 16.3 Å². The minimum Gasteiger partial charge on any atom is -0.374 e. The van der Waals surface area contributed by atoms with E-state index in [0.717, 1.165) is 19.6 Å². The number of amides is 1. The Hall–Kier alpha value is -1.17. The number of nitrogens with zero attached hydrogens (tertiary/aromatic N) is 2. The van der Waals surface area contributed by atoms with Gasteiger partial charge in [0, 0.05) is 37.9 Å². The highest BCUT2D eigenvalue weighted by molar-refractivity contribution is 6.29. The summed E-state index contributed by atoms with van der Waals surface area (Å²) in [6.45, 7) is 8.52. The third-order valence-corrected chi connectivity index (χ3v) is 3.53. The highest BCUT2D eigenvalue weighted by atomic mass is 35.5. The Morgan fingerprint density at radius 3 is 3.14 bits per heavy atom. The van der Waals surface area contributed by atoms with E-state index in [1.807, 2.05) is 0 Å². The van der Waals surface area contributed by atoms with Gasteiger partial charge in [0.05, 0.1) is 12.7 Å². The Balaban J connectivity index is 1.81. The van der Waals surface area contributed by atoms with Crippen LogP contribution in [0.25, 0.3) is 0 Å². The van der Waals surface area contributed by atoms with E-state index in [9.17, 15) is 4.79 Å². The van der Waals surface area contributed by atoms with E-state index >= 15 is 0 Å². The van der Waals surface area contributed by atoms with Gasteiger partial charge in [-0.25, -0.2) is 4.98 Å². The third kappa shape index (κ3) is 5.26. The van der Waals surface area contributed by atoms with Crippen LogP contribution < -0.4 is 5.32 Å². The number of pyridine rings is 1. The second-order valence-corrected chi connectivity index (χ2v) is 6.11. The molecule has 0 aromatic carbocycles. The highest BCUT2D eigenvalue weighted by Crippen LogP contribution is 2.09. The number of rotatable bonds is 5. The molecular formula is C15H22ClN3O2. The predicted molar refractivity (Wildman–Crippen MR) is 82.6 cm³/mol. The summed E-state index contributed by atoms with van der Waals surface area (Å²) in [5, 5.41) is 3.21. The Bertz CT molecular complexity index is 482. The first kappa shape index (κ1) is 16.2. The quantitative estimate of drug-likeness (QED) is 0.843. The summed E-state index contributed by atoms with van der Waals surface area (Å²) in [5.41, 5.74) is 0.518. The van der Waals surface area contributed by atoms with Gasteiger partial charge < -0.3 is 10.1 Å². The number of hydrogen-bond acceptors (Lipinski definition) is 4. The van der Waals surface area contributed by atoms with Gasteiger partial charge in [-0.2, -0.15) is 0 Å². The van der Waals surface area contributed by atoms with Crippen molar-refractivity contribution in [1.29, 1.82) is 0 Å². The van der Waals surface area contributed by atoms with Gasteiger partial charge in [0.15, 0.2) is 0 Å². The van der Waals surface area contributed by atoms with E-state index in [0.29, 0.717) is 29.8 Å².